The lowest BCUT2D eigenvalue weighted by Crippen LogP contribution is -2.49. The number of anilines is 2. The number of amides is 3. The van der Waals surface area contributed by atoms with Crippen LogP contribution in [0.5, 0.6) is 0 Å². The maximum absolute atomic E-state index is 13.3. The number of ether oxygens (including phenoxy) is 1. The van der Waals surface area contributed by atoms with Gasteiger partial charge in [0.25, 0.3) is 0 Å². The zero-order valence-electron chi connectivity index (χ0n) is 17.5. The van der Waals surface area contributed by atoms with Gasteiger partial charge < -0.3 is 9.64 Å². The number of nitrogens with zero attached hydrogens (tertiary/aromatic N) is 2. The largest absolute Gasteiger partial charge is 0.444 e. The number of urea groups is 1. The molecule has 1 fully saturated rings. The van der Waals surface area contributed by atoms with Crippen LogP contribution in [-0.2, 0) is 17.9 Å². The third kappa shape index (κ3) is 5.21. The molecule has 0 spiro atoms. The smallest absolute Gasteiger partial charge is 0.412 e. The Balaban J connectivity index is 1.45. The lowest BCUT2D eigenvalue weighted by atomic mass is 10.1. The van der Waals surface area contributed by atoms with E-state index in [1.165, 1.54) is 0 Å². The number of benzene rings is 3. The van der Waals surface area contributed by atoms with Crippen LogP contribution in [-0.4, -0.2) is 30.1 Å². The van der Waals surface area contributed by atoms with Crippen LogP contribution >= 0.6 is 11.6 Å². The van der Waals surface area contributed by atoms with Gasteiger partial charge in [-0.05, 0) is 35.7 Å². The second kappa shape index (κ2) is 10.2. The number of carbonyl (C=O) groups is 2. The normalized spacial score (nSPS) is 13.7. The molecular formula is C25H24ClN3O3. The zero-order chi connectivity index (χ0) is 22.3. The first-order valence-electron chi connectivity index (χ1n) is 10.5. The van der Waals surface area contributed by atoms with Gasteiger partial charge in [0, 0.05) is 24.7 Å². The second-order valence-electron chi connectivity index (χ2n) is 7.50. The molecule has 6 nitrogen and oxygen atoms in total. The quantitative estimate of drug-likeness (QED) is 0.508. The maximum atomic E-state index is 13.3. The van der Waals surface area contributed by atoms with Gasteiger partial charge in [-0.2, -0.15) is 0 Å². The van der Waals surface area contributed by atoms with E-state index in [0.717, 1.165) is 17.5 Å². The van der Waals surface area contributed by atoms with Crippen molar-refractivity contribution >= 4 is 35.1 Å². The van der Waals surface area contributed by atoms with E-state index in [0.29, 0.717) is 36.0 Å². The van der Waals surface area contributed by atoms with Gasteiger partial charge in [-0.25, -0.2) is 9.59 Å². The minimum absolute atomic E-state index is 0.122. The van der Waals surface area contributed by atoms with E-state index in [4.69, 9.17) is 16.3 Å². The molecule has 7 heteroatoms. The molecular weight excluding hydrogens is 426 g/mol. The molecule has 1 saturated heterocycles. The fraction of sp³-hybridized carbons (Fsp3) is 0.200. The Kier molecular flexibility index (Phi) is 6.92. The maximum Gasteiger partial charge on any atom is 0.412 e. The van der Waals surface area contributed by atoms with Crippen LogP contribution in [0.25, 0.3) is 0 Å². The summed E-state index contributed by atoms with van der Waals surface area (Å²) in [5.74, 6) is 0. The monoisotopic (exact) mass is 449 g/mol. The van der Waals surface area contributed by atoms with Crippen molar-refractivity contribution < 1.29 is 14.3 Å². The highest BCUT2D eigenvalue weighted by molar-refractivity contribution is 6.31. The van der Waals surface area contributed by atoms with E-state index in [1.807, 2.05) is 72.8 Å². The molecule has 32 heavy (non-hydrogen) atoms. The topological polar surface area (TPSA) is 61.9 Å². The van der Waals surface area contributed by atoms with Crippen LogP contribution in [0.4, 0.5) is 21.0 Å². The SMILES string of the molecule is O=C(Nc1ccccc1N1CCCN(Cc2ccccc2Cl)C1=O)OCc1ccccc1. The molecule has 3 aromatic carbocycles. The second-order valence-corrected chi connectivity index (χ2v) is 7.91. The van der Waals surface area contributed by atoms with Crippen LogP contribution < -0.4 is 10.2 Å². The molecule has 164 valence electrons. The Morgan fingerprint density at radius 3 is 2.47 bits per heavy atom. The van der Waals surface area contributed by atoms with Gasteiger partial charge in [-0.3, -0.25) is 10.2 Å². The Morgan fingerprint density at radius 1 is 0.938 bits per heavy atom. The summed E-state index contributed by atoms with van der Waals surface area (Å²) < 4.78 is 5.34. The average Bonchev–Trinajstić information content (AvgIpc) is 2.82. The molecule has 0 radical (unpaired) electrons. The first-order chi connectivity index (χ1) is 15.6. The lowest BCUT2D eigenvalue weighted by molar-refractivity contribution is 0.155. The van der Waals surface area contributed by atoms with Gasteiger partial charge in [-0.1, -0.05) is 72.3 Å². The van der Waals surface area contributed by atoms with Crippen molar-refractivity contribution in [2.45, 2.75) is 19.6 Å². The number of halogens is 1. The number of para-hydroxylation sites is 2. The summed E-state index contributed by atoms with van der Waals surface area (Å²) in [6.07, 6.45) is 0.238. The third-order valence-corrected chi connectivity index (χ3v) is 5.64. The summed E-state index contributed by atoms with van der Waals surface area (Å²) in [4.78, 5) is 29.1. The van der Waals surface area contributed by atoms with E-state index in [-0.39, 0.29) is 12.6 Å². The van der Waals surface area contributed by atoms with Crippen molar-refractivity contribution in [2.75, 3.05) is 23.3 Å². The first-order valence-corrected chi connectivity index (χ1v) is 10.9. The number of carbonyl (C=O) groups excluding carboxylic acids is 2. The molecule has 0 atom stereocenters. The highest BCUT2D eigenvalue weighted by Crippen LogP contribution is 2.30. The molecule has 0 unspecified atom stereocenters. The van der Waals surface area contributed by atoms with Gasteiger partial charge >= 0.3 is 12.1 Å². The number of rotatable bonds is 6. The first kappa shape index (κ1) is 21.7. The summed E-state index contributed by atoms with van der Waals surface area (Å²) in [6.45, 7) is 1.82. The highest BCUT2D eigenvalue weighted by Gasteiger charge is 2.29. The summed E-state index contributed by atoms with van der Waals surface area (Å²) in [5.41, 5.74) is 2.97. The summed E-state index contributed by atoms with van der Waals surface area (Å²) in [7, 11) is 0. The highest BCUT2D eigenvalue weighted by atomic mass is 35.5. The van der Waals surface area contributed by atoms with E-state index < -0.39 is 6.09 Å². The third-order valence-electron chi connectivity index (χ3n) is 5.27. The van der Waals surface area contributed by atoms with Gasteiger partial charge in [0.15, 0.2) is 0 Å². The van der Waals surface area contributed by atoms with Gasteiger partial charge in [0.1, 0.15) is 6.61 Å². The molecule has 0 bridgehead atoms. The van der Waals surface area contributed by atoms with Gasteiger partial charge in [-0.15, -0.1) is 0 Å². The minimum atomic E-state index is -0.571. The predicted octanol–water partition coefficient (Wildman–Crippen LogP) is 5.92. The fourth-order valence-electron chi connectivity index (χ4n) is 3.67. The lowest BCUT2D eigenvalue weighted by Gasteiger charge is -2.36. The Bertz CT molecular complexity index is 1090. The molecule has 1 N–H and O–H groups in total. The van der Waals surface area contributed by atoms with Crippen LogP contribution in [0.1, 0.15) is 17.5 Å². The van der Waals surface area contributed by atoms with Crippen LogP contribution in [0.2, 0.25) is 5.02 Å². The number of nitrogens with one attached hydrogen (secondary N) is 1. The number of hydrogen-bond donors (Lipinski definition) is 1. The summed E-state index contributed by atoms with van der Waals surface area (Å²) in [5, 5.41) is 3.42. The molecule has 0 aliphatic carbocycles. The van der Waals surface area contributed by atoms with Gasteiger partial charge in [0.2, 0.25) is 0 Å². The van der Waals surface area contributed by atoms with Crippen molar-refractivity contribution in [3.8, 4) is 0 Å². The summed E-state index contributed by atoms with van der Waals surface area (Å²) >= 11 is 6.29. The molecule has 0 saturated carbocycles. The van der Waals surface area contributed by atoms with Crippen molar-refractivity contribution in [3.05, 3.63) is 95.0 Å². The Labute approximate surface area is 192 Å². The standard InChI is InChI=1S/C25H24ClN3O3/c26-21-12-5-4-11-20(21)17-28-15-8-16-29(25(28)31)23-14-7-6-13-22(23)27-24(30)32-18-19-9-2-1-3-10-19/h1-7,9-14H,8,15-18H2,(H,27,30). The molecule has 4 rings (SSSR count). The number of hydrogen-bond acceptors (Lipinski definition) is 3. The molecule has 0 aromatic heterocycles. The zero-order valence-corrected chi connectivity index (χ0v) is 18.3. The fourth-order valence-corrected chi connectivity index (χ4v) is 3.86. The van der Waals surface area contributed by atoms with E-state index in [1.54, 1.807) is 15.9 Å². The summed E-state index contributed by atoms with van der Waals surface area (Å²) in [6, 6.07) is 24.1. The van der Waals surface area contributed by atoms with Crippen LogP contribution in [0, 0.1) is 0 Å². The van der Waals surface area contributed by atoms with Crippen LogP contribution in [0.3, 0.4) is 0 Å². The Morgan fingerprint density at radius 2 is 1.66 bits per heavy atom. The van der Waals surface area contributed by atoms with Crippen molar-refractivity contribution in [3.63, 3.8) is 0 Å². The minimum Gasteiger partial charge on any atom is -0.444 e. The van der Waals surface area contributed by atoms with Crippen molar-refractivity contribution in [2.24, 2.45) is 0 Å². The van der Waals surface area contributed by atoms with E-state index in [9.17, 15) is 9.59 Å². The molecule has 1 heterocycles. The van der Waals surface area contributed by atoms with Crippen molar-refractivity contribution in [1.29, 1.82) is 0 Å². The molecule has 3 aromatic rings. The van der Waals surface area contributed by atoms with Gasteiger partial charge in [0.05, 0.1) is 11.4 Å². The van der Waals surface area contributed by atoms with Crippen LogP contribution in [0.15, 0.2) is 78.9 Å². The average molecular weight is 450 g/mol. The van der Waals surface area contributed by atoms with Crippen molar-refractivity contribution in [1.82, 2.24) is 4.90 Å². The molecule has 1 aliphatic heterocycles. The van der Waals surface area contributed by atoms with E-state index >= 15 is 0 Å². The predicted molar refractivity (Wildman–Crippen MR) is 126 cm³/mol. The molecule has 3 amide bonds. The molecule has 1 aliphatic rings. The Hall–Kier alpha value is -3.51. The van der Waals surface area contributed by atoms with E-state index in [2.05, 4.69) is 5.32 Å².